The normalized spacial score (nSPS) is 11.2. The average Bonchev–Trinajstić information content (AvgIpc) is 2.20. The van der Waals surface area contributed by atoms with Crippen LogP contribution in [-0.2, 0) is 0 Å². The fourth-order valence-electron chi connectivity index (χ4n) is 0.961. The van der Waals surface area contributed by atoms with Gasteiger partial charge in [-0.1, -0.05) is 24.3 Å². The van der Waals surface area contributed by atoms with Gasteiger partial charge >= 0.3 is 0 Å². The molecule has 0 atom stereocenters. The fraction of sp³-hybridized carbons (Fsp3) is 0. The highest BCUT2D eigenvalue weighted by Crippen LogP contribution is 2.10. The smallest absolute Gasteiger partial charge is 0.150 e. The topological polar surface area (TPSA) is 37.3 Å². The SMILES string of the molecule is O=Cc1ccc(/C=C/C=C\O)c(F)c1. The van der Waals surface area contributed by atoms with Gasteiger partial charge < -0.3 is 5.11 Å². The number of allylic oxidation sites excluding steroid dienone is 2. The van der Waals surface area contributed by atoms with E-state index in [-0.39, 0.29) is 0 Å². The van der Waals surface area contributed by atoms with Crippen LogP contribution < -0.4 is 0 Å². The molecule has 0 radical (unpaired) electrons. The molecule has 2 nitrogen and oxygen atoms in total. The molecule has 0 aromatic heterocycles. The fourth-order valence-corrected chi connectivity index (χ4v) is 0.961. The van der Waals surface area contributed by atoms with E-state index in [2.05, 4.69) is 0 Å². The Kier molecular flexibility index (Phi) is 3.61. The molecular formula is C11H9FO2. The van der Waals surface area contributed by atoms with Crippen LogP contribution in [0, 0.1) is 5.82 Å². The molecule has 0 heterocycles. The van der Waals surface area contributed by atoms with Crippen molar-refractivity contribution in [2.75, 3.05) is 0 Å². The minimum atomic E-state index is -0.461. The molecule has 0 aliphatic heterocycles. The lowest BCUT2D eigenvalue weighted by Crippen LogP contribution is -1.85. The molecule has 1 aromatic carbocycles. The molecule has 0 unspecified atom stereocenters. The Labute approximate surface area is 81.0 Å². The molecule has 1 N–H and O–H groups in total. The molecule has 0 bridgehead atoms. The average molecular weight is 192 g/mol. The second kappa shape index (κ2) is 4.97. The maximum absolute atomic E-state index is 13.2. The van der Waals surface area contributed by atoms with Gasteiger partial charge in [0.25, 0.3) is 0 Å². The van der Waals surface area contributed by atoms with Crippen LogP contribution in [0.3, 0.4) is 0 Å². The van der Waals surface area contributed by atoms with Crippen LogP contribution in [0.5, 0.6) is 0 Å². The van der Waals surface area contributed by atoms with Crippen molar-refractivity contribution in [2.24, 2.45) is 0 Å². The Morgan fingerprint density at radius 1 is 1.29 bits per heavy atom. The van der Waals surface area contributed by atoms with Gasteiger partial charge in [-0.25, -0.2) is 4.39 Å². The van der Waals surface area contributed by atoms with E-state index < -0.39 is 5.82 Å². The summed E-state index contributed by atoms with van der Waals surface area (Å²) in [5.74, 6) is -0.461. The predicted molar refractivity (Wildman–Crippen MR) is 52.6 cm³/mol. The number of aliphatic hydroxyl groups is 1. The molecule has 0 aliphatic rings. The highest BCUT2D eigenvalue weighted by atomic mass is 19.1. The van der Waals surface area contributed by atoms with Crippen molar-refractivity contribution in [1.29, 1.82) is 0 Å². The first kappa shape index (κ1) is 10.2. The van der Waals surface area contributed by atoms with Gasteiger partial charge in [0.15, 0.2) is 0 Å². The molecule has 14 heavy (non-hydrogen) atoms. The summed E-state index contributed by atoms with van der Waals surface area (Å²) >= 11 is 0. The zero-order valence-corrected chi connectivity index (χ0v) is 7.35. The molecule has 0 spiro atoms. The van der Waals surface area contributed by atoms with Crippen molar-refractivity contribution < 1.29 is 14.3 Å². The van der Waals surface area contributed by atoms with Crippen molar-refractivity contribution in [1.82, 2.24) is 0 Å². The van der Waals surface area contributed by atoms with Gasteiger partial charge in [-0.05, 0) is 12.1 Å². The minimum absolute atomic E-state index is 0.303. The Bertz CT molecular complexity index is 381. The Balaban J connectivity index is 2.94. The highest BCUT2D eigenvalue weighted by molar-refractivity contribution is 5.75. The van der Waals surface area contributed by atoms with E-state index in [9.17, 15) is 9.18 Å². The number of aliphatic hydroxyl groups excluding tert-OH is 1. The quantitative estimate of drug-likeness (QED) is 0.454. The summed E-state index contributed by atoms with van der Waals surface area (Å²) < 4.78 is 13.2. The summed E-state index contributed by atoms with van der Waals surface area (Å²) in [6.07, 6.45) is 5.81. The lowest BCUT2D eigenvalue weighted by Gasteiger charge is -1.96. The molecule has 3 heteroatoms. The Morgan fingerprint density at radius 3 is 2.64 bits per heavy atom. The summed E-state index contributed by atoms with van der Waals surface area (Å²) in [6, 6.07) is 4.19. The molecule has 72 valence electrons. The van der Waals surface area contributed by atoms with Crippen LogP contribution in [0.25, 0.3) is 6.08 Å². The molecule has 0 saturated heterocycles. The number of aldehydes is 1. The van der Waals surface area contributed by atoms with Crippen LogP contribution in [-0.4, -0.2) is 11.4 Å². The van der Waals surface area contributed by atoms with E-state index in [1.54, 1.807) is 0 Å². The van der Waals surface area contributed by atoms with Crippen LogP contribution >= 0.6 is 0 Å². The number of rotatable bonds is 3. The third-order valence-corrected chi connectivity index (χ3v) is 1.63. The molecule has 0 amide bonds. The largest absolute Gasteiger partial charge is 0.516 e. The predicted octanol–water partition coefficient (Wildman–Crippen LogP) is 2.72. The number of hydrogen-bond acceptors (Lipinski definition) is 2. The summed E-state index contributed by atoms with van der Waals surface area (Å²) in [7, 11) is 0. The standard InChI is InChI=1S/C11H9FO2/c12-11-7-9(8-14)4-5-10(11)3-1-2-6-13/h1-8,13H/b3-1+,6-2-. The first-order chi connectivity index (χ1) is 6.77. The lowest BCUT2D eigenvalue weighted by atomic mass is 10.1. The molecule has 1 aromatic rings. The van der Waals surface area contributed by atoms with Gasteiger partial charge in [0.1, 0.15) is 12.1 Å². The van der Waals surface area contributed by atoms with E-state index in [0.29, 0.717) is 17.4 Å². The maximum atomic E-state index is 13.2. The van der Waals surface area contributed by atoms with Gasteiger partial charge in [0.05, 0.1) is 6.26 Å². The van der Waals surface area contributed by atoms with Gasteiger partial charge in [-0.15, -0.1) is 0 Å². The van der Waals surface area contributed by atoms with Crippen molar-refractivity contribution in [3.63, 3.8) is 0 Å². The number of carbonyl (C=O) groups is 1. The van der Waals surface area contributed by atoms with Crippen LogP contribution in [0.15, 0.2) is 36.6 Å². The van der Waals surface area contributed by atoms with Crippen LogP contribution in [0.2, 0.25) is 0 Å². The van der Waals surface area contributed by atoms with E-state index >= 15 is 0 Å². The van der Waals surface area contributed by atoms with Crippen molar-refractivity contribution in [2.45, 2.75) is 0 Å². The maximum Gasteiger partial charge on any atom is 0.150 e. The number of hydrogen-bond donors (Lipinski definition) is 1. The summed E-state index contributed by atoms with van der Waals surface area (Å²) in [5, 5.41) is 8.32. The van der Waals surface area contributed by atoms with Crippen molar-refractivity contribution in [3.8, 4) is 0 Å². The third kappa shape index (κ3) is 2.55. The van der Waals surface area contributed by atoms with E-state index in [1.807, 2.05) is 0 Å². The molecule has 0 aliphatic carbocycles. The summed E-state index contributed by atoms with van der Waals surface area (Å²) in [4.78, 5) is 10.3. The molecular weight excluding hydrogens is 183 g/mol. The number of halogens is 1. The zero-order chi connectivity index (χ0) is 10.4. The van der Waals surface area contributed by atoms with Gasteiger partial charge in [-0.3, -0.25) is 4.79 Å². The number of benzene rings is 1. The minimum Gasteiger partial charge on any atom is -0.516 e. The van der Waals surface area contributed by atoms with Gasteiger partial charge in [-0.2, -0.15) is 0 Å². The Morgan fingerprint density at radius 2 is 2.07 bits per heavy atom. The van der Waals surface area contributed by atoms with Crippen molar-refractivity contribution >= 4 is 12.4 Å². The van der Waals surface area contributed by atoms with Gasteiger partial charge in [0.2, 0.25) is 0 Å². The second-order valence-electron chi connectivity index (χ2n) is 2.60. The second-order valence-corrected chi connectivity index (χ2v) is 2.60. The third-order valence-electron chi connectivity index (χ3n) is 1.63. The molecule has 0 fully saturated rings. The monoisotopic (exact) mass is 192 g/mol. The molecule has 0 saturated carbocycles. The van der Waals surface area contributed by atoms with Gasteiger partial charge in [0, 0.05) is 11.1 Å². The summed E-state index contributed by atoms with van der Waals surface area (Å²) in [6.45, 7) is 0. The summed E-state index contributed by atoms with van der Waals surface area (Å²) in [5.41, 5.74) is 0.672. The zero-order valence-electron chi connectivity index (χ0n) is 7.35. The first-order valence-electron chi connectivity index (χ1n) is 4.00. The highest BCUT2D eigenvalue weighted by Gasteiger charge is 1.98. The molecule has 1 rings (SSSR count). The Hall–Kier alpha value is -1.90. The number of carbonyl (C=O) groups excluding carboxylic acids is 1. The van der Waals surface area contributed by atoms with E-state index in [0.717, 1.165) is 12.3 Å². The van der Waals surface area contributed by atoms with Crippen molar-refractivity contribution in [3.05, 3.63) is 53.6 Å². The van der Waals surface area contributed by atoms with E-state index in [4.69, 9.17) is 5.11 Å². The van der Waals surface area contributed by atoms with Crippen LogP contribution in [0.4, 0.5) is 4.39 Å². The lowest BCUT2D eigenvalue weighted by molar-refractivity contribution is 0.112. The first-order valence-corrected chi connectivity index (χ1v) is 4.00. The van der Waals surface area contributed by atoms with Crippen LogP contribution in [0.1, 0.15) is 15.9 Å². The van der Waals surface area contributed by atoms with E-state index in [1.165, 1.54) is 30.4 Å².